The van der Waals surface area contributed by atoms with Crippen molar-refractivity contribution >= 4 is 0 Å². The Hall–Kier alpha value is -2.37. The number of para-hydroxylation sites is 1. The third kappa shape index (κ3) is 3.38. The van der Waals surface area contributed by atoms with Crippen LogP contribution >= 0.6 is 0 Å². The average molecular weight is 336 g/mol. The molecular weight excluding hydrogens is 312 g/mol. The molecular formula is C20H24N4O. The van der Waals surface area contributed by atoms with Gasteiger partial charge in [-0.2, -0.15) is 5.10 Å². The van der Waals surface area contributed by atoms with E-state index in [0.717, 1.165) is 30.2 Å². The fraction of sp³-hybridized carbons (Fsp3) is 0.350. The molecule has 3 heterocycles. The lowest BCUT2D eigenvalue weighted by molar-refractivity contribution is 0.234. The van der Waals surface area contributed by atoms with Crippen LogP contribution in [-0.4, -0.2) is 52.8 Å². The summed E-state index contributed by atoms with van der Waals surface area (Å²) >= 11 is 0. The van der Waals surface area contributed by atoms with Gasteiger partial charge in [0.15, 0.2) is 5.76 Å². The molecule has 130 valence electrons. The third-order valence-corrected chi connectivity index (χ3v) is 4.97. The second kappa shape index (κ2) is 6.86. The van der Waals surface area contributed by atoms with Gasteiger partial charge >= 0.3 is 0 Å². The minimum absolute atomic E-state index is 0.592. The molecule has 1 saturated heterocycles. The first-order valence-electron chi connectivity index (χ1n) is 8.77. The molecule has 0 N–H and O–H groups in total. The van der Waals surface area contributed by atoms with Crippen molar-refractivity contribution in [3.63, 3.8) is 0 Å². The lowest BCUT2D eigenvalue weighted by Gasteiger charge is -2.23. The van der Waals surface area contributed by atoms with Gasteiger partial charge in [0.1, 0.15) is 5.69 Å². The van der Waals surface area contributed by atoms with Crippen LogP contribution in [0.1, 0.15) is 12.0 Å². The molecule has 1 aliphatic rings. The number of furan rings is 1. The van der Waals surface area contributed by atoms with Gasteiger partial charge in [0.05, 0.1) is 12.0 Å². The first-order chi connectivity index (χ1) is 12.2. The van der Waals surface area contributed by atoms with E-state index < -0.39 is 0 Å². The molecule has 4 rings (SSSR count). The Morgan fingerprint density at radius 3 is 2.72 bits per heavy atom. The lowest BCUT2D eigenvalue weighted by atomic mass is 10.1. The van der Waals surface area contributed by atoms with E-state index in [1.165, 1.54) is 18.5 Å². The Morgan fingerprint density at radius 2 is 2.04 bits per heavy atom. The smallest absolute Gasteiger partial charge is 0.154 e. The van der Waals surface area contributed by atoms with Crippen LogP contribution in [0.2, 0.25) is 0 Å². The summed E-state index contributed by atoms with van der Waals surface area (Å²) in [6.07, 6.45) is 5.05. The second-order valence-electron chi connectivity index (χ2n) is 6.88. The molecule has 1 aliphatic heterocycles. The minimum Gasteiger partial charge on any atom is -0.463 e. The van der Waals surface area contributed by atoms with Gasteiger partial charge in [-0.3, -0.25) is 4.90 Å². The highest BCUT2D eigenvalue weighted by molar-refractivity contribution is 5.57. The number of likely N-dealkylation sites (tertiary alicyclic amines) is 1. The van der Waals surface area contributed by atoms with E-state index in [0.29, 0.717) is 6.04 Å². The zero-order valence-electron chi connectivity index (χ0n) is 14.8. The number of aromatic nitrogens is 2. The van der Waals surface area contributed by atoms with E-state index in [2.05, 4.69) is 42.2 Å². The summed E-state index contributed by atoms with van der Waals surface area (Å²) in [5, 5.41) is 4.80. The van der Waals surface area contributed by atoms with Crippen molar-refractivity contribution in [3.8, 4) is 17.1 Å². The third-order valence-electron chi connectivity index (χ3n) is 4.97. The molecule has 0 bridgehead atoms. The molecule has 0 saturated carbocycles. The van der Waals surface area contributed by atoms with Crippen molar-refractivity contribution < 1.29 is 4.42 Å². The fourth-order valence-corrected chi connectivity index (χ4v) is 3.53. The van der Waals surface area contributed by atoms with Gasteiger partial charge in [-0.15, -0.1) is 0 Å². The van der Waals surface area contributed by atoms with Crippen LogP contribution in [0.4, 0.5) is 0 Å². The molecule has 3 aromatic rings. The van der Waals surface area contributed by atoms with Crippen LogP contribution in [0.15, 0.2) is 59.3 Å². The highest BCUT2D eigenvalue weighted by atomic mass is 16.3. The molecule has 2 aromatic heterocycles. The van der Waals surface area contributed by atoms with Crippen molar-refractivity contribution in [3.05, 3.63) is 60.5 Å². The van der Waals surface area contributed by atoms with E-state index in [1.807, 2.05) is 35.0 Å². The van der Waals surface area contributed by atoms with Crippen LogP contribution in [0.25, 0.3) is 17.1 Å². The Kier molecular flexibility index (Phi) is 4.42. The van der Waals surface area contributed by atoms with Gasteiger partial charge < -0.3 is 9.32 Å². The SMILES string of the molecule is CN1CCC(N(C)Cc2cn(-c3ccccc3)nc2-c2ccco2)C1. The van der Waals surface area contributed by atoms with Crippen molar-refractivity contribution in [1.29, 1.82) is 0 Å². The minimum atomic E-state index is 0.592. The molecule has 0 spiro atoms. The predicted octanol–water partition coefficient (Wildman–Crippen LogP) is 3.27. The van der Waals surface area contributed by atoms with Gasteiger partial charge in [0.2, 0.25) is 0 Å². The van der Waals surface area contributed by atoms with Crippen LogP contribution in [0.3, 0.4) is 0 Å². The number of rotatable bonds is 5. The van der Waals surface area contributed by atoms with Crippen molar-refractivity contribution in [1.82, 2.24) is 19.6 Å². The van der Waals surface area contributed by atoms with Gasteiger partial charge in [0, 0.05) is 30.9 Å². The number of likely N-dealkylation sites (N-methyl/N-ethyl adjacent to an activating group) is 2. The Labute approximate surface area is 148 Å². The summed E-state index contributed by atoms with van der Waals surface area (Å²) in [6.45, 7) is 3.16. The second-order valence-corrected chi connectivity index (χ2v) is 6.88. The maximum atomic E-state index is 5.63. The van der Waals surface area contributed by atoms with E-state index in [9.17, 15) is 0 Å². The van der Waals surface area contributed by atoms with E-state index in [1.54, 1.807) is 6.26 Å². The topological polar surface area (TPSA) is 37.4 Å². The van der Waals surface area contributed by atoms with Gasteiger partial charge in [-0.25, -0.2) is 4.68 Å². The molecule has 0 radical (unpaired) electrons. The Morgan fingerprint density at radius 1 is 1.20 bits per heavy atom. The Bertz CT molecular complexity index is 810. The first-order valence-corrected chi connectivity index (χ1v) is 8.77. The molecule has 1 aromatic carbocycles. The molecule has 1 atom stereocenters. The number of hydrogen-bond acceptors (Lipinski definition) is 4. The first kappa shape index (κ1) is 16.1. The number of hydrogen-bond donors (Lipinski definition) is 0. The predicted molar refractivity (Wildman–Crippen MR) is 98.6 cm³/mol. The summed E-state index contributed by atoms with van der Waals surface area (Å²) < 4.78 is 7.58. The largest absolute Gasteiger partial charge is 0.463 e. The summed E-state index contributed by atoms with van der Waals surface area (Å²) in [5.41, 5.74) is 3.17. The van der Waals surface area contributed by atoms with E-state index >= 15 is 0 Å². The van der Waals surface area contributed by atoms with Crippen molar-refractivity contribution in [2.75, 3.05) is 27.2 Å². The summed E-state index contributed by atoms with van der Waals surface area (Å²) in [6, 6.07) is 14.7. The lowest BCUT2D eigenvalue weighted by Crippen LogP contribution is -2.33. The number of nitrogens with zero attached hydrogens (tertiary/aromatic N) is 4. The maximum absolute atomic E-state index is 5.63. The van der Waals surface area contributed by atoms with Gasteiger partial charge in [0.25, 0.3) is 0 Å². The van der Waals surface area contributed by atoms with Crippen molar-refractivity contribution in [2.45, 2.75) is 19.0 Å². The standard InChI is InChI=1S/C20H24N4O/c1-22-11-10-18(15-22)23(2)13-16-14-24(17-7-4-3-5-8-17)21-20(16)19-9-6-12-25-19/h3-9,12,14,18H,10-11,13,15H2,1-2H3. The zero-order chi connectivity index (χ0) is 17.2. The summed E-state index contributed by atoms with van der Waals surface area (Å²) in [5.74, 6) is 0.821. The normalized spacial score (nSPS) is 18.3. The molecule has 0 amide bonds. The molecule has 0 aliphatic carbocycles. The average Bonchev–Trinajstić information content (AvgIpc) is 3.35. The quantitative estimate of drug-likeness (QED) is 0.717. The zero-order valence-corrected chi connectivity index (χ0v) is 14.8. The molecule has 25 heavy (non-hydrogen) atoms. The Balaban J connectivity index is 1.64. The monoisotopic (exact) mass is 336 g/mol. The molecule has 5 heteroatoms. The molecule has 1 fully saturated rings. The van der Waals surface area contributed by atoms with Gasteiger partial charge in [-0.1, -0.05) is 18.2 Å². The van der Waals surface area contributed by atoms with Crippen LogP contribution < -0.4 is 0 Å². The van der Waals surface area contributed by atoms with E-state index in [-0.39, 0.29) is 0 Å². The van der Waals surface area contributed by atoms with Crippen molar-refractivity contribution in [2.24, 2.45) is 0 Å². The van der Waals surface area contributed by atoms with Gasteiger partial charge in [-0.05, 0) is 51.3 Å². The number of benzene rings is 1. The fourth-order valence-electron chi connectivity index (χ4n) is 3.53. The highest BCUT2D eigenvalue weighted by Gasteiger charge is 2.25. The van der Waals surface area contributed by atoms with Crippen LogP contribution in [0, 0.1) is 0 Å². The van der Waals surface area contributed by atoms with E-state index in [4.69, 9.17) is 9.52 Å². The molecule has 5 nitrogen and oxygen atoms in total. The molecule has 1 unspecified atom stereocenters. The summed E-state index contributed by atoms with van der Waals surface area (Å²) in [7, 11) is 4.39. The highest BCUT2D eigenvalue weighted by Crippen LogP contribution is 2.26. The van der Waals surface area contributed by atoms with Crippen LogP contribution in [0.5, 0.6) is 0 Å². The van der Waals surface area contributed by atoms with Crippen LogP contribution in [-0.2, 0) is 6.54 Å². The maximum Gasteiger partial charge on any atom is 0.154 e. The summed E-state index contributed by atoms with van der Waals surface area (Å²) in [4.78, 5) is 4.82.